The largest absolute Gasteiger partial charge is 0.378 e. The van der Waals surface area contributed by atoms with Crippen molar-refractivity contribution in [2.45, 2.75) is 37.6 Å². The van der Waals surface area contributed by atoms with Crippen LogP contribution in [0.3, 0.4) is 0 Å². The Morgan fingerprint density at radius 1 is 1.41 bits per heavy atom. The number of amides is 1. The fourth-order valence-electron chi connectivity index (χ4n) is 3.39. The van der Waals surface area contributed by atoms with E-state index in [9.17, 15) is 9.90 Å². The first-order valence-corrected chi connectivity index (χ1v) is 7.87. The number of hydrogen-bond acceptors (Lipinski definition) is 4. The second-order valence-corrected chi connectivity index (χ2v) is 6.30. The van der Waals surface area contributed by atoms with Crippen LogP contribution in [-0.2, 0) is 14.3 Å². The van der Waals surface area contributed by atoms with Crippen molar-refractivity contribution in [1.82, 2.24) is 4.90 Å². The summed E-state index contributed by atoms with van der Waals surface area (Å²) in [4.78, 5) is 14.4. The molecule has 3 atom stereocenters. The minimum atomic E-state index is -1.12. The number of carbonyl (C=O) groups is 1. The third-order valence-electron chi connectivity index (χ3n) is 4.35. The highest BCUT2D eigenvalue weighted by atomic mass is 16.6. The zero-order valence-corrected chi connectivity index (χ0v) is 12.9. The average Bonchev–Trinajstić information content (AvgIpc) is 2.54. The van der Waals surface area contributed by atoms with Crippen LogP contribution >= 0.6 is 0 Å². The van der Waals surface area contributed by atoms with Crippen molar-refractivity contribution in [3.63, 3.8) is 0 Å². The number of carbonyl (C=O) groups excluding carboxylic acids is 1. The number of aliphatic hydroxyl groups is 1. The van der Waals surface area contributed by atoms with E-state index in [0.717, 1.165) is 19.4 Å². The predicted octanol–water partition coefficient (Wildman–Crippen LogP) is 1.52. The SMILES string of the molecule is C[C@@H]1CN(C(=O)[C@H](O)c2ccccc2)C[C@@]2(CCCOC2)O1. The number of hydrogen-bond donors (Lipinski definition) is 1. The Hall–Kier alpha value is -1.43. The van der Waals surface area contributed by atoms with E-state index in [4.69, 9.17) is 9.47 Å². The lowest BCUT2D eigenvalue weighted by Gasteiger charge is -2.47. The molecule has 5 nitrogen and oxygen atoms in total. The molecule has 0 aliphatic carbocycles. The molecule has 0 unspecified atom stereocenters. The van der Waals surface area contributed by atoms with Crippen LogP contribution in [0.1, 0.15) is 31.4 Å². The maximum absolute atomic E-state index is 12.6. The highest BCUT2D eigenvalue weighted by molar-refractivity contribution is 5.82. The van der Waals surface area contributed by atoms with Crippen molar-refractivity contribution in [2.75, 3.05) is 26.3 Å². The van der Waals surface area contributed by atoms with Gasteiger partial charge in [0, 0.05) is 13.2 Å². The molecule has 3 rings (SSSR count). The lowest BCUT2D eigenvalue weighted by molar-refractivity contribution is -0.202. The number of nitrogens with zero attached hydrogens (tertiary/aromatic N) is 1. The van der Waals surface area contributed by atoms with E-state index in [1.54, 1.807) is 17.0 Å². The van der Waals surface area contributed by atoms with Crippen molar-refractivity contribution in [1.29, 1.82) is 0 Å². The smallest absolute Gasteiger partial charge is 0.256 e. The Kier molecular flexibility index (Phi) is 4.47. The van der Waals surface area contributed by atoms with Crippen LogP contribution in [0.4, 0.5) is 0 Å². The Labute approximate surface area is 130 Å². The molecule has 2 fully saturated rings. The van der Waals surface area contributed by atoms with E-state index in [0.29, 0.717) is 25.3 Å². The molecule has 22 heavy (non-hydrogen) atoms. The molecule has 0 radical (unpaired) electrons. The van der Waals surface area contributed by atoms with Crippen molar-refractivity contribution in [2.24, 2.45) is 0 Å². The summed E-state index contributed by atoms with van der Waals surface area (Å²) in [5, 5.41) is 10.4. The molecule has 120 valence electrons. The van der Waals surface area contributed by atoms with E-state index in [1.165, 1.54) is 0 Å². The fourth-order valence-corrected chi connectivity index (χ4v) is 3.39. The van der Waals surface area contributed by atoms with Crippen LogP contribution in [0.15, 0.2) is 30.3 Å². The monoisotopic (exact) mass is 305 g/mol. The zero-order valence-electron chi connectivity index (χ0n) is 12.9. The standard InChI is InChI=1S/C17H23NO4/c1-13-10-18(11-17(22-13)8-5-9-21-12-17)16(20)15(19)14-6-3-2-4-7-14/h2-4,6-7,13,15,19H,5,8-12H2,1H3/t13-,15-,17-/m1/s1. The Morgan fingerprint density at radius 2 is 2.18 bits per heavy atom. The van der Waals surface area contributed by atoms with Gasteiger partial charge >= 0.3 is 0 Å². The minimum absolute atomic E-state index is 0.0534. The van der Waals surface area contributed by atoms with Crippen LogP contribution < -0.4 is 0 Å². The molecule has 1 aromatic rings. The second-order valence-electron chi connectivity index (χ2n) is 6.30. The normalized spacial score (nSPS) is 30.3. The van der Waals surface area contributed by atoms with Gasteiger partial charge in [0.2, 0.25) is 0 Å². The summed E-state index contributed by atoms with van der Waals surface area (Å²) in [6.45, 7) is 4.22. The summed E-state index contributed by atoms with van der Waals surface area (Å²) >= 11 is 0. The number of rotatable bonds is 2. The molecule has 2 aliphatic heterocycles. The van der Waals surface area contributed by atoms with Crippen LogP contribution in [0.5, 0.6) is 0 Å². The molecular weight excluding hydrogens is 282 g/mol. The number of ether oxygens (including phenoxy) is 2. The number of aliphatic hydroxyl groups excluding tert-OH is 1. The quantitative estimate of drug-likeness (QED) is 0.900. The molecule has 2 aliphatic rings. The highest BCUT2D eigenvalue weighted by Crippen LogP contribution is 2.31. The van der Waals surface area contributed by atoms with Gasteiger partial charge in [-0.1, -0.05) is 30.3 Å². The summed E-state index contributed by atoms with van der Waals surface area (Å²) < 4.78 is 11.6. The van der Waals surface area contributed by atoms with Gasteiger partial charge in [0.05, 0.1) is 19.3 Å². The van der Waals surface area contributed by atoms with Crippen LogP contribution in [0.25, 0.3) is 0 Å². The highest BCUT2D eigenvalue weighted by Gasteiger charge is 2.43. The van der Waals surface area contributed by atoms with Gasteiger partial charge in [-0.3, -0.25) is 4.79 Å². The molecule has 2 heterocycles. The number of benzene rings is 1. The lowest BCUT2D eigenvalue weighted by Crippen LogP contribution is -2.60. The number of morpholine rings is 1. The predicted molar refractivity (Wildman–Crippen MR) is 81.3 cm³/mol. The van der Waals surface area contributed by atoms with Gasteiger partial charge in [-0.15, -0.1) is 0 Å². The fraction of sp³-hybridized carbons (Fsp3) is 0.588. The molecule has 1 aromatic carbocycles. The first kappa shape index (κ1) is 15.5. The molecule has 1 spiro atoms. The van der Waals surface area contributed by atoms with Gasteiger partial charge in [-0.25, -0.2) is 0 Å². The van der Waals surface area contributed by atoms with Crippen LogP contribution in [-0.4, -0.2) is 53.9 Å². The van der Waals surface area contributed by atoms with Gasteiger partial charge in [0.1, 0.15) is 5.60 Å². The van der Waals surface area contributed by atoms with Gasteiger partial charge in [0.25, 0.3) is 5.91 Å². The lowest BCUT2D eigenvalue weighted by atomic mass is 9.93. The molecule has 0 saturated carbocycles. The van der Waals surface area contributed by atoms with Gasteiger partial charge in [-0.2, -0.15) is 0 Å². The topological polar surface area (TPSA) is 59.0 Å². The van der Waals surface area contributed by atoms with Crippen molar-refractivity contribution >= 4 is 5.91 Å². The maximum Gasteiger partial charge on any atom is 0.256 e. The molecule has 0 bridgehead atoms. The Bertz CT molecular complexity index is 513. The van der Waals surface area contributed by atoms with Crippen LogP contribution in [0, 0.1) is 0 Å². The van der Waals surface area contributed by atoms with E-state index in [2.05, 4.69) is 0 Å². The minimum Gasteiger partial charge on any atom is -0.378 e. The Morgan fingerprint density at radius 3 is 2.86 bits per heavy atom. The molecule has 5 heteroatoms. The maximum atomic E-state index is 12.6. The first-order chi connectivity index (χ1) is 10.6. The summed E-state index contributed by atoms with van der Waals surface area (Å²) in [6.07, 6.45) is 0.661. The molecule has 2 saturated heterocycles. The van der Waals surface area contributed by atoms with Crippen molar-refractivity contribution < 1.29 is 19.4 Å². The summed E-state index contributed by atoms with van der Waals surface area (Å²) in [7, 11) is 0. The van der Waals surface area contributed by atoms with E-state index < -0.39 is 11.7 Å². The summed E-state index contributed by atoms with van der Waals surface area (Å²) in [6, 6.07) is 9.05. The van der Waals surface area contributed by atoms with Crippen LogP contribution in [0.2, 0.25) is 0 Å². The second kappa shape index (κ2) is 6.36. The first-order valence-electron chi connectivity index (χ1n) is 7.87. The van der Waals surface area contributed by atoms with E-state index in [-0.39, 0.29) is 12.0 Å². The zero-order chi connectivity index (χ0) is 15.6. The molecule has 0 aromatic heterocycles. The average molecular weight is 305 g/mol. The summed E-state index contributed by atoms with van der Waals surface area (Å²) in [5.74, 6) is -0.258. The van der Waals surface area contributed by atoms with E-state index >= 15 is 0 Å². The third-order valence-corrected chi connectivity index (χ3v) is 4.35. The molecular formula is C17H23NO4. The van der Waals surface area contributed by atoms with Gasteiger partial charge in [-0.05, 0) is 25.3 Å². The third kappa shape index (κ3) is 3.16. The van der Waals surface area contributed by atoms with Gasteiger partial charge in [0.15, 0.2) is 6.10 Å². The molecule has 1 N–H and O–H groups in total. The van der Waals surface area contributed by atoms with Crippen molar-refractivity contribution in [3.05, 3.63) is 35.9 Å². The van der Waals surface area contributed by atoms with Crippen molar-refractivity contribution in [3.8, 4) is 0 Å². The molecule has 1 amide bonds. The Balaban J connectivity index is 1.74. The van der Waals surface area contributed by atoms with E-state index in [1.807, 2.05) is 25.1 Å². The summed E-state index contributed by atoms with van der Waals surface area (Å²) in [5.41, 5.74) is 0.211. The van der Waals surface area contributed by atoms with Gasteiger partial charge < -0.3 is 19.5 Å².